The average Bonchev–Trinajstić information content (AvgIpc) is 3.23. The zero-order valence-corrected chi connectivity index (χ0v) is 29.5. The minimum absolute atomic E-state index is 0.0124. The van der Waals surface area contributed by atoms with Gasteiger partial charge in [-0.05, 0) is 112 Å². The molecule has 1 unspecified atom stereocenters. The van der Waals surface area contributed by atoms with Crippen molar-refractivity contribution in [3.05, 3.63) is 212 Å². The molecule has 0 N–H and O–H groups in total. The molecule has 9 rings (SSSR count). The molecule has 0 aromatic heterocycles. The van der Waals surface area contributed by atoms with Crippen LogP contribution in [0, 0.1) is 5.82 Å². The maximum atomic E-state index is 14.0. The van der Waals surface area contributed by atoms with Gasteiger partial charge in [0.15, 0.2) is 0 Å². The van der Waals surface area contributed by atoms with E-state index in [1.165, 1.54) is 17.5 Å². The molecule has 4 heteroatoms. The minimum atomic E-state index is -0.262. The summed E-state index contributed by atoms with van der Waals surface area (Å²) in [6.07, 6.45) is 5.78. The highest BCUT2D eigenvalue weighted by atomic mass is 19.1. The molecule has 0 saturated carbocycles. The number of hydrogen-bond acceptors (Lipinski definition) is 2. The largest absolute Gasteiger partial charge is 0.334 e. The number of rotatable bonds is 8. The van der Waals surface area contributed by atoms with Crippen molar-refractivity contribution in [1.82, 2.24) is 0 Å². The molecular weight excluding hydrogens is 667 g/mol. The summed E-state index contributed by atoms with van der Waals surface area (Å²) in [5.74, 6) is -0.451. The molecule has 0 spiro atoms. The Hall–Kier alpha value is -6.78. The first kappa shape index (κ1) is 33.1. The second-order valence-electron chi connectivity index (χ2n) is 13.6. The first-order valence-electron chi connectivity index (χ1n) is 18.2. The molecule has 2 nitrogen and oxygen atoms in total. The Balaban J connectivity index is 0.995. The van der Waals surface area contributed by atoms with Crippen LogP contribution in [-0.2, 0) is 0 Å². The zero-order chi connectivity index (χ0) is 36.4. The number of hydrogen-bond donors (Lipinski definition) is 0. The lowest BCUT2D eigenvalue weighted by Gasteiger charge is -2.33. The van der Waals surface area contributed by atoms with Gasteiger partial charge in [-0.15, -0.1) is 0 Å². The van der Waals surface area contributed by atoms with Crippen molar-refractivity contribution >= 4 is 50.0 Å². The smallest absolute Gasteiger partial charge is 0.123 e. The van der Waals surface area contributed by atoms with Gasteiger partial charge in [0.1, 0.15) is 11.6 Å². The fraction of sp³-hybridized carbons (Fsp3) is 0.0400. The lowest BCUT2D eigenvalue weighted by atomic mass is 9.98. The molecule has 1 atom stereocenters. The summed E-state index contributed by atoms with van der Waals surface area (Å²) in [5.41, 5.74) is 9.52. The van der Waals surface area contributed by atoms with Crippen LogP contribution in [0.25, 0.3) is 43.8 Å². The van der Waals surface area contributed by atoms with Crippen LogP contribution in [0.2, 0.25) is 0 Å². The Morgan fingerprint density at radius 3 is 1.41 bits per heavy atom. The quantitative estimate of drug-likeness (QED) is 0.156. The normalized spacial score (nSPS) is 13.9. The molecule has 0 saturated heterocycles. The Morgan fingerprint density at radius 2 is 0.870 bits per heavy atom. The van der Waals surface area contributed by atoms with Crippen molar-refractivity contribution in [2.45, 2.75) is 12.5 Å². The predicted octanol–water partition coefficient (Wildman–Crippen LogP) is 14.3. The van der Waals surface area contributed by atoms with E-state index in [0.29, 0.717) is 6.42 Å². The zero-order valence-electron chi connectivity index (χ0n) is 29.5. The van der Waals surface area contributed by atoms with Crippen LogP contribution in [0.3, 0.4) is 0 Å². The highest BCUT2D eigenvalue weighted by Gasteiger charge is 2.22. The molecule has 0 amide bonds. The molecule has 0 radical (unpaired) electrons. The highest BCUT2D eigenvalue weighted by Crippen LogP contribution is 2.41. The van der Waals surface area contributed by atoms with Crippen molar-refractivity contribution in [3.8, 4) is 22.3 Å². The van der Waals surface area contributed by atoms with Crippen molar-refractivity contribution in [2.75, 3.05) is 9.80 Å². The average molecular weight is 703 g/mol. The van der Waals surface area contributed by atoms with Gasteiger partial charge in [0.05, 0.1) is 11.7 Å². The Kier molecular flexibility index (Phi) is 8.78. The van der Waals surface area contributed by atoms with Gasteiger partial charge in [-0.2, -0.15) is 0 Å². The van der Waals surface area contributed by atoms with Crippen molar-refractivity contribution in [3.63, 3.8) is 0 Å². The van der Waals surface area contributed by atoms with E-state index in [1.54, 1.807) is 12.2 Å². The molecule has 0 bridgehead atoms. The van der Waals surface area contributed by atoms with E-state index in [9.17, 15) is 8.78 Å². The number of halogens is 2. The molecule has 8 aromatic rings. The van der Waals surface area contributed by atoms with Gasteiger partial charge in [-0.25, -0.2) is 8.78 Å². The summed E-state index contributed by atoms with van der Waals surface area (Å²) in [6.45, 7) is 0. The molecule has 0 heterocycles. The van der Waals surface area contributed by atoms with E-state index in [4.69, 9.17) is 0 Å². The monoisotopic (exact) mass is 702 g/mol. The lowest BCUT2D eigenvalue weighted by molar-refractivity contribution is 0.628. The highest BCUT2D eigenvalue weighted by molar-refractivity contribution is 5.99. The molecule has 1 aliphatic carbocycles. The van der Waals surface area contributed by atoms with Gasteiger partial charge < -0.3 is 9.80 Å². The van der Waals surface area contributed by atoms with E-state index in [0.717, 1.165) is 66.8 Å². The molecule has 0 aliphatic heterocycles. The fourth-order valence-electron chi connectivity index (χ4n) is 7.60. The maximum absolute atomic E-state index is 14.0. The molecule has 1 aliphatic rings. The van der Waals surface area contributed by atoms with E-state index in [2.05, 4.69) is 155 Å². The summed E-state index contributed by atoms with van der Waals surface area (Å²) < 4.78 is 28.0. The number of fused-ring (bicyclic) bond motifs is 2. The Morgan fingerprint density at radius 1 is 0.426 bits per heavy atom. The molecular formula is C50H36F2N2. The van der Waals surface area contributed by atoms with Crippen molar-refractivity contribution in [2.24, 2.45) is 0 Å². The van der Waals surface area contributed by atoms with Gasteiger partial charge in [-0.3, -0.25) is 0 Å². The SMILES string of the molecule is FC1=CCC(N(c2ccc(-c3ccc(-c4ccc(N(c5ccc(F)cc5)c5cccc6ccccc56)cc4)cc3)cc2)c2cccc3ccccc23)C=C1. The first-order valence-corrected chi connectivity index (χ1v) is 18.2. The minimum Gasteiger partial charge on any atom is -0.334 e. The fourth-order valence-corrected chi connectivity index (χ4v) is 7.60. The second-order valence-corrected chi connectivity index (χ2v) is 13.6. The third-order valence-corrected chi connectivity index (χ3v) is 10.3. The summed E-state index contributed by atoms with van der Waals surface area (Å²) in [7, 11) is 0. The second kappa shape index (κ2) is 14.3. The third kappa shape index (κ3) is 6.44. The van der Waals surface area contributed by atoms with Gasteiger partial charge in [0, 0.05) is 33.5 Å². The van der Waals surface area contributed by atoms with Crippen LogP contribution in [0.15, 0.2) is 206 Å². The topological polar surface area (TPSA) is 6.48 Å². The van der Waals surface area contributed by atoms with Crippen LogP contribution in [0.5, 0.6) is 0 Å². The van der Waals surface area contributed by atoms with E-state index in [-0.39, 0.29) is 17.7 Å². The number of allylic oxidation sites excluding steroid dienone is 2. The van der Waals surface area contributed by atoms with Gasteiger partial charge in [-0.1, -0.05) is 127 Å². The van der Waals surface area contributed by atoms with Crippen molar-refractivity contribution < 1.29 is 8.78 Å². The maximum Gasteiger partial charge on any atom is 0.123 e. The van der Waals surface area contributed by atoms with Gasteiger partial charge in [0.2, 0.25) is 0 Å². The van der Waals surface area contributed by atoms with Gasteiger partial charge in [0.25, 0.3) is 0 Å². The standard InChI is InChI=1S/C50H36F2N2/c51-41-23-31-45(32-24-41)53(49-13-5-9-39-7-1-3-11-47(39)49)43-27-19-37(20-28-43)35-15-17-36(18-16-35)38-21-29-44(30-22-38)54(46-33-25-42(52)26-34-46)50-14-6-10-40-8-2-4-12-48(40)50/h1-33,46H,34H2. The van der Waals surface area contributed by atoms with Crippen molar-refractivity contribution in [1.29, 1.82) is 0 Å². The Bertz CT molecular complexity index is 2630. The summed E-state index contributed by atoms with van der Waals surface area (Å²) in [4.78, 5) is 4.50. The first-order chi connectivity index (χ1) is 26.6. The third-order valence-electron chi connectivity index (χ3n) is 10.3. The van der Waals surface area contributed by atoms with E-state index >= 15 is 0 Å². The number of anilines is 5. The predicted molar refractivity (Wildman–Crippen MR) is 222 cm³/mol. The molecule has 8 aromatic carbocycles. The summed E-state index contributed by atoms with van der Waals surface area (Å²) >= 11 is 0. The Labute approximate surface area is 314 Å². The van der Waals surface area contributed by atoms with E-state index in [1.807, 2.05) is 30.3 Å². The van der Waals surface area contributed by atoms with Crippen LogP contribution >= 0.6 is 0 Å². The number of benzene rings is 8. The van der Waals surface area contributed by atoms with Crippen LogP contribution < -0.4 is 9.80 Å². The summed E-state index contributed by atoms with van der Waals surface area (Å²) in [5, 5.41) is 4.60. The lowest BCUT2D eigenvalue weighted by Crippen LogP contribution is -2.30. The molecule has 0 fully saturated rings. The van der Waals surface area contributed by atoms with Gasteiger partial charge >= 0.3 is 0 Å². The molecule has 260 valence electrons. The van der Waals surface area contributed by atoms with E-state index < -0.39 is 0 Å². The van der Waals surface area contributed by atoms with Crippen LogP contribution in [-0.4, -0.2) is 6.04 Å². The number of nitrogens with zero attached hydrogens (tertiary/aromatic N) is 2. The van der Waals surface area contributed by atoms with Crippen LogP contribution in [0.1, 0.15) is 6.42 Å². The molecule has 54 heavy (non-hydrogen) atoms. The van der Waals surface area contributed by atoms with Crippen LogP contribution in [0.4, 0.5) is 37.2 Å². The summed E-state index contributed by atoms with van der Waals surface area (Å²) in [6, 6.07) is 61.9.